The molecule has 0 unspecified atom stereocenters. The van der Waals surface area contributed by atoms with Crippen LogP contribution in [0.25, 0.3) is 10.8 Å². The lowest BCUT2D eigenvalue weighted by atomic mass is 9.91. The van der Waals surface area contributed by atoms with Gasteiger partial charge in [-0.25, -0.2) is 0 Å². The van der Waals surface area contributed by atoms with E-state index in [1.54, 1.807) is 24.3 Å². The van der Waals surface area contributed by atoms with Gasteiger partial charge in [0.1, 0.15) is 18.8 Å². The van der Waals surface area contributed by atoms with Gasteiger partial charge in [0.2, 0.25) is 6.29 Å². The molecule has 2 aromatic carbocycles. The minimum atomic E-state index is -1.31. The third-order valence-electron chi connectivity index (χ3n) is 6.48. The number of rotatable bonds is 8. The summed E-state index contributed by atoms with van der Waals surface area (Å²) in [6.07, 6.45) is -2.34. The molecule has 0 spiro atoms. The van der Waals surface area contributed by atoms with E-state index < -0.39 is 54.5 Å². The highest BCUT2D eigenvalue weighted by atomic mass is 16.7. The Morgan fingerprint density at radius 2 is 1.34 bits per heavy atom. The number of nitrogens with one attached hydrogen (secondary N) is 1. The molecule has 1 aliphatic carbocycles. The maximum Gasteiger partial charge on any atom is 0.304 e. The maximum atomic E-state index is 12.3. The Kier molecular flexibility index (Phi) is 8.94. The standard InChI is InChI=1S/C29H29NO11/c1-14(31)37-13-25-27(38-15(2)32)28(39-16(3)33)26(29(41-25)40-17(4)34)30-12-18-5-6-19-10-21-22(11-20(19)9-18)24(36)8-7-23(21)35/h5-11,25-30H,12-13H2,1-4H3/t25-,26-,27-,28-,29-/m1/s1. The lowest BCUT2D eigenvalue weighted by Gasteiger charge is -2.44. The average Bonchev–Trinajstić information content (AvgIpc) is 2.89. The van der Waals surface area contributed by atoms with Crippen LogP contribution in [0.3, 0.4) is 0 Å². The summed E-state index contributed by atoms with van der Waals surface area (Å²) >= 11 is 0. The molecule has 12 heteroatoms. The Bertz CT molecular complexity index is 1450. The lowest BCUT2D eigenvalue weighted by Crippen LogP contribution is -2.66. The normalized spacial score (nSPS) is 23.5. The first-order valence-electron chi connectivity index (χ1n) is 12.8. The van der Waals surface area contributed by atoms with Crippen molar-refractivity contribution in [2.24, 2.45) is 0 Å². The van der Waals surface area contributed by atoms with Gasteiger partial charge in [0.15, 0.2) is 23.8 Å². The van der Waals surface area contributed by atoms with Crippen molar-refractivity contribution in [3.63, 3.8) is 0 Å². The molecule has 1 N–H and O–H groups in total. The molecule has 216 valence electrons. The van der Waals surface area contributed by atoms with Gasteiger partial charge in [-0.1, -0.05) is 12.1 Å². The van der Waals surface area contributed by atoms with Gasteiger partial charge in [-0.15, -0.1) is 0 Å². The number of ether oxygens (including phenoxy) is 5. The number of benzene rings is 2. The fourth-order valence-electron chi connectivity index (χ4n) is 4.81. The number of hydrogen-bond acceptors (Lipinski definition) is 12. The molecule has 1 saturated heterocycles. The van der Waals surface area contributed by atoms with Crippen LogP contribution in [0.4, 0.5) is 0 Å². The van der Waals surface area contributed by atoms with Crippen LogP contribution < -0.4 is 5.32 Å². The molecule has 12 nitrogen and oxygen atoms in total. The van der Waals surface area contributed by atoms with E-state index in [0.717, 1.165) is 17.9 Å². The molecule has 0 aromatic heterocycles. The number of hydrogen-bond donors (Lipinski definition) is 1. The van der Waals surface area contributed by atoms with Gasteiger partial charge in [0.25, 0.3) is 0 Å². The predicted molar refractivity (Wildman–Crippen MR) is 141 cm³/mol. The van der Waals surface area contributed by atoms with E-state index in [9.17, 15) is 28.8 Å². The monoisotopic (exact) mass is 567 g/mol. The Labute approximate surface area is 234 Å². The summed E-state index contributed by atoms with van der Waals surface area (Å²) in [5, 5.41) is 4.64. The fourth-order valence-corrected chi connectivity index (χ4v) is 4.81. The third kappa shape index (κ3) is 7.02. The maximum absolute atomic E-state index is 12.3. The van der Waals surface area contributed by atoms with Gasteiger partial charge in [0, 0.05) is 45.4 Å². The average molecular weight is 568 g/mol. The molecular weight excluding hydrogens is 538 g/mol. The van der Waals surface area contributed by atoms with Gasteiger partial charge < -0.3 is 29.0 Å². The minimum absolute atomic E-state index is 0.144. The van der Waals surface area contributed by atoms with Crippen molar-refractivity contribution >= 4 is 46.2 Å². The van der Waals surface area contributed by atoms with Gasteiger partial charge >= 0.3 is 23.9 Å². The summed E-state index contributed by atoms with van der Waals surface area (Å²) in [4.78, 5) is 72.0. The molecule has 0 bridgehead atoms. The SMILES string of the molecule is CC(=O)OC[C@H]1O[C@@H](OC(C)=O)[C@H](NCc2ccc3cc4c(cc3c2)C(=O)C=CC4=O)[C@@H](OC(C)=O)[C@@H]1OC(C)=O. The Hall–Kier alpha value is -4.42. The van der Waals surface area contributed by atoms with Crippen molar-refractivity contribution in [3.05, 3.63) is 59.2 Å². The molecule has 2 aromatic rings. The molecule has 0 saturated carbocycles. The van der Waals surface area contributed by atoms with Crippen molar-refractivity contribution in [2.45, 2.75) is 64.9 Å². The highest BCUT2D eigenvalue weighted by Gasteiger charge is 2.51. The zero-order chi connectivity index (χ0) is 29.8. The highest BCUT2D eigenvalue weighted by molar-refractivity contribution is 6.23. The van der Waals surface area contributed by atoms with E-state index in [1.807, 2.05) is 6.07 Å². The summed E-state index contributed by atoms with van der Waals surface area (Å²) in [6.45, 7) is 4.48. The molecule has 4 rings (SSSR count). The van der Waals surface area contributed by atoms with Gasteiger partial charge in [-0.3, -0.25) is 28.8 Å². The number of esters is 4. The van der Waals surface area contributed by atoms with Crippen LogP contribution in [0, 0.1) is 0 Å². The van der Waals surface area contributed by atoms with Crippen LogP contribution in [0.1, 0.15) is 54.0 Å². The number of fused-ring (bicyclic) bond motifs is 2. The van der Waals surface area contributed by atoms with Crippen molar-refractivity contribution in [1.29, 1.82) is 0 Å². The smallest absolute Gasteiger partial charge is 0.304 e. The first-order valence-corrected chi connectivity index (χ1v) is 12.8. The van der Waals surface area contributed by atoms with E-state index in [1.165, 1.54) is 32.9 Å². The second-order valence-corrected chi connectivity index (χ2v) is 9.65. The Morgan fingerprint density at radius 1 is 0.756 bits per heavy atom. The van der Waals surface area contributed by atoms with E-state index in [2.05, 4.69) is 5.32 Å². The summed E-state index contributed by atoms with van der Waals surface area (Å²) in [6, 6.07) is 7.72. The molecular formula is C29H29NO11. The molecule has 0 amide bonds. The topological polar surface area (TPSA) is 161 Å². The summed E-state index contributed by atoms with van der Waals surface area (Å²) in [5.41, 5.74) is 1.38. The molecule has 2 aliphatic rings. The second kappa shape index (κ2) is 12.4. The minimum Gasteiger partial charge on any atom is -0.463 e. The number of carbonyl (C=O) groups is 6. The Balaban J connectivity index is 1.65. The van der Waals surface area contributed by atoms with Crippen molar-refractivity contribution in [1.82, 2.24) is 5.32 Å². The van der Waals surface area contributed by atoms with Crippen LogP contribution in [0.5, 0.6) is 0 Å². The van der Waals surface area contributed by atoms with Crippen LogP contribution >= 0.6 is 0 Å². The zero-order valence-corrected chi connectivity index (χ0v) is 22.8. The fraction of sp³-hybridized carbons (Fsp3) is 0.379. The molecule has 5 atom stereocenters. The summed E-state index contributed by atoms with van der Waals surface area (Å²) in [5.74, 6) is -3.22. The molecule has 1 fully saturated rings. The lowest BCUT2D eigenvalue weighted by molar-refractivity contribution is -0.271. The van der Waals surface area contributed by atoms with E-state index in [-0.39, 0.29) is 24.7 Å². The largest absolute Gasteiger partial charge is 0.463 e. The number of ketones is 2. The quantitative estimate of drug-likeness (QED) is 0.365. The summed E-state index contributed by atoms with van der Waals surface area (Å²) < 4.78 is 27.3. The number of allylic oxidation sites excluding steroid dienone is 2. The van der Waals surface area contributed by atoms with Crippen molar-refractivity contribution in [2.75, 3.05) is 6.61 Å². The second-order valence-electron chi connectivity index (χ2n) is 9.65. The van der Waals surface area contributed by atoms with Gasteiger partial charge in [0.05, 0.1) is 0 Å². The highest BCUT2D eigenvalue weighted by Crippen LogP contribution is 2.29. The van der Waals surface area contributed by atoms with E-state index in [4.69, 9.17) is 23.7 Å². The molecule has 41 heavy (non-hydrogen) atoms. The predicted octanol–water partition coefficient (Wildman–Crippen LogP) is 1.95. The van der Waals surface area contributed by atoms with E-state index in [0.29, 0.717) is 16.5 Å². The first kappa shape index (κ1) is 29.6. The molecule has 0 radical (unpaired) electrons. The van der Waals surface area contributed by atoms with Crippen LogP contribution in [0.15, 0.2) is 42.5 Å². The third-order valence-corrected chi connectivity index (χ3v) is 6.48. The van der Waals surface area contributed by atoms with E-state index >= 15 is 0 Å². The Morgan fingerprint density at radius 3 is 1.93 bits per heavy atom. The number of carbonyl (C=O) groups excluding carboxylic acids is 6. The van der Waals surface area contributed by atoms with Gasteiger partial charge in [-0.05, 0) is 46.7 Å². The zero-order valence-electron chi connectivity index (χ0n) is 22.8. The van der Waals surface area contributed by atoms with Crippen LogP contribution in [-0.2, 0) is 49.4 Å². The van der Waals surface area contributed by atoms with Gasteiger partial charge in [-0.2, -0.15) is 0 Å². The first-order chi connectivity index (χ1) is 19.4. The van der Waals surface area contributed by atoms with Crippen molar-refractivity contribution in [3.8, 4) is 0 Å². The van der Waals surface area contributed by atoms with Crippen LogP contribution in [0.2, 0.25) is 0 Å². The summed E-state index contributed by atoms with van der Waals surface area (Å²) in [7, 11) is 0. The molecule has 1 aliphatic heterocycles. The molecule has 1 heterocycles. The van der Waals surface area contributed by atoms with Crippen molar-refractivity contribution < 1.29 is 52.5 Å². The van der Waals surface area contributed by atoms with Crippen LogP contribution in [-0.4, -0.2) is 72.7 Å².